The summed E-state index contributed by atoms with van der Waals surface area (Å²) in [7, 11) is 1.80. The van der Waals surface area contributed by atoms with Crippen molar-refractivity contribution in [1.29, 1.82) is 0 Å². The van der Waals surface area contributed by atoms with Crippen LogP contribution >= 0.6 is 11.6 Å². The second-order valence-electron chi connectivity index (χ2n) is 2.64. The molecule has 0 aliphatic carbocycles. The Bertz CT molecular complexity index is 332. The number of likely N-dealkylation sites (N-methyl/N-ethyl adjacent to an activating group) is 1. The molecule has 2 aliphatic heterocycles. The summed E-state index contributed by atoms with van der Waals surface area (Å²) < 4.78 is 0. The number of aliphatic imine (C=N–C) groups is 2. The van der Waals surface area contributed by atoms with Gasteiger partial charge in [-0.25, -0.2) is 4.99 Å². The highest BCUT2D eigenvalue weighted by atomic mass is 35.5. The summed E-state index contributed by atoms with van der Waals surface area (Å²) in [5, 5.41) is 0.0196. The molecule has 2 heterocycles. The van der Waals surface area contributed by atoms with Crippen LogP contribution in [0, 0.1) is 0 Å². The lowest BCUT2D eigenvalue weighted by Crippen LogP contribution is -2.38. The molecule has 0 aromatic carbocycles. The molecule has 0 bridgehead atoms. The minimum atomic E-state index is -0.354. The molecule has 0 N–H and O–H groups in total. The molecule has 12 heavy (non-hydrogen) atoms. The van der Waals surface area contributed by atoms with Gasteiger partial charge >= 0.3 is 0 Å². The minimum Gasteiger partial charge on any atom is -0.364 e. The van der Waals surface area contributed by atoms with Gasteiger partial charge in [-0.15, -0.1) is 0 Å². The van der Waals surface area contributed by atoms with Crippen molar-refractivity contribution in [2.24, 2.45) is 9.98 Å². The van der Waals surface area contributed by atoms with E-state index in [-0.39, 0.29) is 17.2 Å². The molecule has 0 saturated carbocycles. The molecule has 0 radical (unpaired) electrons. The number of fused-ring (bicyclic) bond motifs is 1. The molecule has 0 aromatic heterocycles. The van der Waals surface area contributed by atoms with Gasteiger partial charge in [0.2, 0.25) is 5.29 Å². The maximum Gasteiger partial charge on any atom is 0.277 e. The second-order valence-corrected chi connectivity index (χ2v) is 2.98. The van der Waals surface area contributed by atoms with Crippen LogP contribution in [0.15, 0.2) is 22.3 Å². The van der Waals surface area contributed by atoms with E-state index in [0.29, 0.717) is 5.71 Å². The van der Waals surface area contributed by atoms with Crippen LogP contribution in [-0.4, -0.2) is 34.9 Å². The molecule has 2 aliphatic rings. The highest BCUT2D eigenvalue weighted by Gasteiger charge is 2.32. The van der Waals surface area contributed by atoms with E-state index < -0.39 is 0 Å². The van der Waals surface area contributed by atoms with Crippen molar-refractivity contribution in [1.82, 2.24) is 4.90 Å². The van der Waals surface area contributed by atoms with Gasteiger partial charge < -0.3 is 4.90 Å². The number of hydrogen-bond donors (Lipinski definition) is 0. The zero-order valence-electron chi connectivity index (χ0n) is 6.36. The maximum absolute atomic E-state index is 11.3. The van der Waals surface area contributed by atoms with Crippen molar-refractivity contribution in [2.45, 2.75) is 6.04 Å². The van der Waals surface area contributed by atoms with Gasteiger partial charge in [0.15, 0.2) is 6.04 Å². The minimum absolute atomic E-state index is 0.0196. The summed E-state index contributed by atoms with van der Waals surface area (Å²) in [4.78, 5) is 20.5. The smallest absolute Gasteiger partial charge is 0.277 e. The average molecular weight is 184 g/mol. The first-order valence-electron chi connectivity index (χ1n) is 3.45. The third-order valence-electron chi connectivity index (χ3n) is 1.83. The molecule has 0 aromatic rings. The van der Waals surface area contributed by atoms with Crippen LogP contribution in [0.4, 0.5) is 0 Å². The molecule has 5 heteroatoms. The van der Waals surface area contributed by atoms with Gasteiger partial charge in [-0.05, 0) is 17.7 Å². The summed E-state index contributed by atoms with van der Waals surface area (Å²) >= 11 is 5.52. The van der Waals surface area contributed by atoms with Crippen LogP contribution in [0.1, 0.15) is 0 Å². The topological polar surface area (TPSA) is 45.0 Å². The fourth-order valence-electron chi connectivity index (χ4n) is 1.26. The lowest BCUT2D eigenvalue weighted by Gasteiger charge is -2.19. The highest BCUT2D eigenvalue weighted by Crippen LogP contribution is 2.16. The van der Waals surface area contributed by atoms with E-state index in [2.05, 4.69) is 9.98 Å². The van der Waals surface area contributed by atoms with Crippen LogP contribution in [0.25, 0.3) is 0 Å². The predicted molar refractivity (Wildman–Crippen MR) is 46.4 cm³/mol. The van der Waals surface area contributed by atoms with Crippen LogP contribution in [0.5, 0.6) is 0 Å². The van der Waals surface area contributed by atoms with Crippen LogP contribution in [0.2, 0.25) is 0 Å². The Balaban J connectivity index is 2.42. The first-order valence-corrected chi connectivity index (χ1v) is 3.83. The summed E-state index contributed by atoms with van der Waals surface area (Å²) in [6.45, 7) is 0. The van der Waals surface area contributed by atoms with E-state index in [4.69, 9.17) is 11.6 Å². The zero-order chi connectivity index (χ0) is 8.72. The molecule has 62 valence electrons. The highest BCUT2D eigenvalue weighted by molar-refractivity contribution is 6.67. The lowest BCUT2D eigenvalue weighted by molar-refractivity contribution is -0.119. The predicted octanol–water partition coefficient (Wildman–Crippen LogP) is 0.390. The van der Waals surface area contributed by atoms with Crippen molar-refractivity contribution in [3.05, 3.63) is 12.3 Å². The van der Waals surface area contributed by atoms with Gasteiger partial charge in [0, 0.05) is 13.2 Å². The van der Waals surface area contributed by atoms with Gasteiger partial charge in [0.1, 0.15) is 0 Å². The van der Waals surface area contributed by atoms with Crippen molar-refractivity contribution >= 4 is 28.5 Å². The Morgan fingerprint density at radius 3 is 3.08 bits per heavy atom. The van der Waals surface area contributed by atoms with E-state index in [1.807, 2.05) is 0 Å². The number of carbonyl (C=O) groups is 1. The molecule has 0 spiro atoms. The Morgan fingerprint density at radius 2 is 2.33 bits per heavy atom. The molecule has 1 atom stereocenters. The largest absolute Gasteiger partial charge is 0.364 e. The Morgan fingerprint density at radius 1 is 1.58 bits per heavy atom. The monoisotopic (exact) mass is 183 g/mol. The number of nitrogens with zero attached hydrogens (tertiary/aromatic N) is 3. The number of carbonyl (C=O) groups excluding carboxylic acids is 1. The number of amidine groups is 1. The number of hydrogen-bond acceptors (Lipinski definition) is 3. The molecular weight excluding hydrogens is 178 g/mol. The quantitative estimate of drug-likeness (QED) is 0.510. The van der Waals surface area contributed by atoms with Crippen LogP contribution < -0.4 is 0 Å². The van der Waals surface area contributed by atoms with Gasteiger partial charge in [-0.2, -0.15) is 4.99 Å². The molecule has 2 rings (SSSR count). The molecule has 4 nitrogen and oxygen atoms in total. The summed E-state index contributed by atoms with van der Waals surface area (Å²) in [5.41, 5.74) is 0.669. The Hall–Kier alpha value is -1.16. The maximum atomic E-state index is 11.3. The summed E-state index contributed by atoms with van der Waals surface area (Å²) in [6.07, 6.45) is 3.55. The molecule has 1 unspecified atom stereocenters. The van der Waals surface area contributed by atoms with E-state index >= 15 is 0 Å². The van der Waals surface area contributed by atoms with Crippen molar-refractivity contribution < 1.29 is 4.79 Å². The third-order valence-corrected chi connectivity index (χ3v) is 1.99. The fraction of sp³-hybridized carbons (Fsp3) is 0.286. The Kier molecular flexibility index (Phi) is 1.51. The third kappa shape index (κ3) is 0.956. The first-order chi connectivity index (χ1) is 5.68. The molecule has 0 saturated heterocycles. The van der Waals surface area contributed by atoms with E-state index in [9.17, 15) is 4.79 Å². The standard InChI is InChI=1S/C7H6ClN3O/c1-11-3-2-4-5(11)6(12)10-7(8)9-4/h2-3,5H,1H3. The lowest BCUT2D eigenvalue weighted by atomic mass is 10.2. The number of halogens is 1. The summed E-state index contributed by atoms with van der Waals surface area (Å²) in [5.74, 6) is -0.252. The second kappa shape index (κ2) is 2.42. The van der Waals surface area contributed by atoms with Gasteiger partial charge in [-0.1, -0.05) is 0 Å². The van der Waals surface area contributed by atoms with E-state index in [0.717, 1.165) is 0 Å². The van der Waals surface area contributed by atoms with Crippen LogP contribution in [0.3, 0.4) is 0 Å². The summed E-state index contributed by atoms with van der Waals surface area (Å²) in [6, 6.07) is -0.354. The van der Waals surface area contributed by atoms with Crippen molar-refractivity contribution in [3.63, 3.8) is 0 Å². The SMILES string of the molecule is CN1C=CC2=NC(Cl)=NC(=O)C21. The van der Waals surface area contributed by atoms with E-state index in [1.165, 1.54) is 0 Å². The molecular formula is C7H6ClN3O. The number of amides is 1. The Labute approximate surface area is 74.2 Å². The van der Waals surface area contributed by atoms with Gasteiger partial charge in [0.05, 0.1) is 5.71 Å². The fourth-order valence-corrected chi connectivity index (χ4v) is 1.44. The zero-order valence-corrected chi connectivity index (χ0v) is 7.12. The van der Waals surface area contributed by atoms with Crippen molar-refractivity contribution in [3.8, 4) is 0 Å². The van der Waals surface area contributed by atoms with Gasteiger partial charge in [0.25, 0.3) is 5.91 Å². The van der Waals surface area contributed by atoms with E-state index in [1.54, 1.807) is 24.2 Å². The molecule has 1 amide bonds. The number of rotatable bonds is 0. The molecule has 0 fully saturated rings. The first kappa shape index (κ1) is 7.49. The normalized spacial score (nSPS) is 27.0. The average Bonchev–Trinajstić information content (AvgIpc) is 2.31. The van der Waals surface area contributed by atoms with Gasteiger partial charge in [-0.3, -0.25) is 4.79 Å². The van der Waals surface area contributed by atoms with Crippen LogP contribution in [-0.2, 0) is 4.79 Å². The van der Waals surface area contributed by atoms with Crippen molar-refractivity contribution in [2.75, 3.05) is 7.05 Å².